The number of rotatable bonds is 6. The first-order chi connectivity index (χ1) is 14.2. The van der Waals surface area contributed by atoms with Gasteiger partial charge in [0, 0.05) is 5.56 Å². The summed E-state index contributed by atoms with van der Waals surface area (Å²) in [6.45, 7) is 1.81. The Kier molecular flexibility index (Phi) is 6.71. The Morgan fingerprint density at radius 1 is 1.07 bits per heavy atom. The van der Waals surface area contributed by atoms with Gasteiger partial charge in [-0.1, -0.05) is 42.1 Å². The molecule has 1 heterocycles. The number of carbonyl (C=O) groups excluding carboxylic acids is 1. The molecule has 1 aromatic heterocycles. The van der Waals surface area contributed by atoms with Crippen LogP contribution in [0.15, 0.2) is 65.8 Å². The molecule has 156 valence electrons. The van der Waals surface area contributed by atoms with Crippen molar-refractivity contribution < 1.29 is 22.4 Å². The molecule has 4 nitrogen and oxygen atoms in total. The smallest absolute Gasteiger partial charge is 0.349 e. The van der Waals surface area contributed by atoms with E-state index in [1.54, 1.807) is 0 Å². The fourth-order valence-electron chi connectivity index (χ4n) is 2.64. The molecule has 0 radical (unpaired) electrons. The average molecular weight is 435 g/mol. The Morgan fingerprint density at radius 2 is 1.73 bits per heavy atom. The summed E-state index contributed by atoms with van der Waals surface area (Å²) < 4.78 is 52.9. The van der Waals surface area contributed by atoms with Crippen molar-refractivity contribution in [3.05, 3.63) is 77.7 Å². The van der Waals surface area contributed by atoms with Crippen LogP contribution < -0.4 is 5.32 Å². The Hall–Kier alpha value is -2.94. The van der Waals surface area contributed by atoms with Gasteiger partial charge in [-0.3, -0.25) is 4.79 Å². The molecular formula is C21H17F4N3OS. The van der Waals surface area contributed by atoms with Crippen molar-refractivity contribution in [1.29, 1.82) is 0 Å². The van der Waals surface area contributed by atoms with E-state index in [2.05, 4.69) is 15.3 Å². The van der Waals surface area contributed by atoms with E-state index >= 15 is 0 Å². The molecule has 30 heavy (non-hydrogen) atoms. The molecule has 1 atom stereocenters. The number of hydrogen-bond donors (Lipinski definition) is 1. The van der Waals surface area contributed by atoms with Crippen molar-refractivity contribution in [2.45, 2.75) is 24.3 Å². The SMILES string of the molecule is C[C@H](NC(=O)CSc1nc(-c2ccc(F)cc2)cc(C(F)(F)F)n1)c1ccccc1. The van der Waals surface area contributed by atoms with E-state index in [4.69, 9.17) is 0 Å². The van der Waals surface area contributed by atoms with E-state index in [9.17, 15) is 22.4 Å². The van der Waals surface area contributed by atoms with Gasteiger partial charge in [-0.05, 0) is 42.8 Å². The highest BCUT2D eigenvalue weighted by Crippen LogP contribution is 2.32. The van der Waals surface area contributed by atoms with Crippen molar-refractivity contribution in [3.8, 4) is 11.3 Å². The quantitative estimate of drug-likeness (QED) is 0.326. The van der Waals surface area contributed by atoms with Crippen molar-refractivity contribution in [2.24, 2.45) is 0 Å². The Bertz CT molecular complexity index is 1010. The van der Waals surface area contributed by atoms with Crippen LogP contribution in [-0.4, -0.2) is 21.6 Å². The van der Waals surface area contributed by atoms with Gasteiger partial charge in [0.05, 0.1) is 17.5 Å². The molecule has 9 heteroatoms. The lowest BCUT2D eigenvalue weighted by Crippen LogP contribution is -2.28. The van der Waals surface area contributed by atoms with E-state index in [0.717, 1.165) is 35.5 Å². The van der Waals surface area contributed by atoms with Gasteiger partial charge in [-0.15, -0.1) is 0 Å². The fraction of sp³-hybridized carbons (Fsp3) is 0.190. The summed E-state index contributed by atoms with van der Waals surface area (Å²) in [7, 11) is 0. The van der Waals surface area contributed by atoms with Crippen LogP contribution >= 0.6 is 11.8 Å². The van der Waals surface area contributed by atoms with E-state index in [1.165, 1.54) is 12.1 Å². The minimum atomic E-state index is -4.68. The van der Waals surface area contributed by atoms with Crippen LogP contribution in [0, 0.1) is 5.82 Å². The molecule has 0 saturated carbocycles. The van der Waals surface area contributed by atoms with Gasteiger partial charge in [0.1, 0.15) is 11.5 Å². The van der Waals surface area contributed by atoms with Crippen molar-refractivity contribution >= 4 is 17.7 Å². The average Bonchev–Trinajstić information content (AvgIpc) is 2.72. The van der Waals surface area contributed by atoms with Gasteiger partial charge >= 0.3 is 6.18 Å². The number of benzene rings is 2. The lowest BCUT2D eigenvalue weighted by Gasteiger charge is -2.14. The summed E-state index contributed by atoms with van der Waals surface area (Å²) >= 11 is 0.800. The number of aromatic nitrogens is 2. The molecule has 0 spiro atoms. The number of amides is 1. The largest absolute Gasteiger partial charge is 0.433 e. The summed E-state index contributed by atoms with van der Waals surface area (Å²) in [5.74, 6) is -1.02. The summed E-state index contributed by atoms with van der Waals surface area (Å²) in [5, 5.41) is 2.60. The van der Waals surface area contributed by atoms with Crippen LogP contribution in [0.5, 0.6) is 0 Å². The predicted molar refractivity (Wildman–Crippen MR) is 106 cm³/mol. The molecule has 1 amide bonds. The third-order valence-electron chi connectivity index (χ3n) is 4.15. The highest BCUT2D eigenvalue weighted by molar-refractivity contribution is 7.99. The Balaban J connectivity index is 1.75. The third kappa shape index (κ3) is 5.79. The van der Waals surface area contributed by atoms with Crippen LogP contribution in [-0.2, 0) is 11.0 Å². The van der Waals surface area contributed by atoms with E-state index < -0.39 is 17.7 Å². The summed E-state index contributed by atoms with van der Waals surface area (Å²) in [4.78, 5) is 19.9. The standard InChI is InChI=1S/C21H17F4N3OS/c1-13(14-5-3-2-4-6-14)26-19(29)12-30-20-27-17(11-18(28-20)21(23,24)25)15-7-9-16(22)10-8-15/h2-11,13H,12H2,1H3,(H,26,29)/t13-/m0/s1. The van der Waals surface area contributed by atoms with Gasteiger partial charge in [0.15, 0.2) is 5.16 Å². The maximum Gasteiger partial charge on any atom is 0.433 e. The van der Waals surface area contributed by atoms with Crippen molar-refractivity contribution in [2.75, 3.05) is 5.75 Å². The summed E-state index contributed by atoms with van der Waals surface area (Å²) in [6.07, 6.45) is -4.68. The molecule has 0 aliphatic heterocycles. The fourth-order valence-corrected chi connectivity index (χ4v) is 3.31. The number of nitrogens with one attached hydrogen (secondary N) is 1. The third-order valence-corrected chi connectivity index (χ3v) is 4.99. The minimum absolute atomic E-state index is 0.00196. The van der Waals surface area contributed by atoms with Gasteiger partial charge in [-0.2, -0.15) is 13.2 Å². The Morgan fingerprint density at radius 3 is 2.37 bits per heavy atom. The normalized spacial score (nSPS) is 12.4. The molecule has 1 N–H and O–H groups in total. The van der Waals surface area contributed by atoms with Crippen molar-refractivity contribution in [1.82, 2.24) is 15.3 Å². The molecular weight excluding hydrogens is 418 g/mol. The van der Waals surface area contributed by atoms with Gasteiger partial charge in [0.2, 0.25) is 5.91 Å². The number of alkyl halides is 3. The zero-order chi connectivity index (χ0) is 21.7. The number of thioether (sulfide) groups is 1. The predicted octanol–water partition coefficient (Wildman–Crippen LogP) is 5.27. The highest BCUT2D eigenvalue weighted by atomic mass is 32.2. The highest BCUT2D eigenvalue weighted by Gasteiger charge is 2.34. The zero-order valence-electron chi connectivity index (χ0n) is 15.8. The topological polar surface area (TPSA) is 54.9 Å². The molecule has 2 aromatic carbocycles. The molecule has 3 aromatic rings. The minimum Gasteiger partial charge on any atom is -0.349 e. The second kappa shape index (κ2) is 9.25. The van der Waals surface area contributed by atoms with E-state index in [0.29, 0.717) is 5.56 Å². The van der Waals surface area contributed by atoms with E-state index in [-0.39, 0.29) is 28.6 Å². The number of carbonyl (C=O) groups is 1. The number of halogens is 4. The monoisotopic (exact) mass is 435 g/mol. The first-order valence-corrected chi connectivity index (χ1v) is 9.90. The lowest BCUT2D eigenvalue weighted by atomic mass is 10.1. The Labute approximate surface area is 174 Å². The van der Waals surface area contributed by atoms with Crippen LogP contribution in [0.2, 0.25) is 0 Å². The van der Waals surface area contributed by atoms with Crippen LogP contribution in [0.25, 0.3) is 11.3 Å². The first-order valence-electron chi connectivity index (χ1n) is 8.91. The second-order valence-electron chi connectivity index (χ2n) is 6.41. The van der Waals surface area contributed by atoms with Crippen LogP contribution in [0.3, 0.4) is 0 Å². The van der Waals surface area contributed by atoms with Crippen LogP contribution in [0.4, 0.5) is 17.6 Å². The second-order valence-corrected chi connectivity index (χ2v) is 7.36. The van der Waals surface area contributed by atoms with E-state index in [1.807, 2.05) is 37.3 Å². The number of nitrogens with zero attached hydrogens (tertiary/aromatic N) is 2. The molecule has 0 saturated heterocycles. The van der Waals surface area contributed by atoms with Crippen LogP contribution in [0.1, 0.15) is 24.2 Å². The number of hydrogen-bond acceptors (Lipinski definition) is 4. The first kappa shape index (κ1) is 21.8. The van der Waals surface area contributed by atoms with Gasteiger partial charge < -0.3 is 5.32 Å². The van der Waals surface area contributed by atoms with Crippen molar-refractivity contribution in [3.63, 3.8) is 0 Å². The molecule has 0 fully saturated rings. The van der Waals surface area contributed by atoms with Gasteiger partial charge in [-0.25, -0.2) is 14.4 Å². The summed E-state index contributed by atoms with van der Waals surface area (Å²) in [5.41, 5.74) is 0.0911. The van der Waals surface area contributed by atoms with Gasteiger partial charge in [0.25, 0.3) is 0 Å². The summed E-state index contributed by atoms with van der Waals surface area (Å²) in [6, 6.07) is 14.8. The molecule has 0 aliphatic carbocycles. The molecule has 0 aliphatic rings. The maximum absolute atomic E-state index is 13.2. The molecule has 0 unspecified atom stereocenters. The zero-order valence-corrected chi connectivity index (χ0v) is 16.6. The maximum atomic E-state index is 13.2. The molecule has 3 rings (SSSR count). The lowest BCUT2D eigenvalue weighted by molar-refractivity contribution is -0.141. The molecule has 0 bridgehead atoms.